The van der Waals surface area contributed by atoms with Crippen LogP contribution >= 0.6 is 0 Å². The van der Waals surface area contributed by atoms with Crippen molar-refractivity contribution in [2.24, 2.45) is 71.0 Å². The normalized spacial score (nSPS) is 15.8. The minimum absolute atomic E-state index is 0.0116. The van der Waals surface area contributed by atoms with Crippen LogP contribution in [0.25, 0.3) is 0 Å². The van der Waals surface area contributed by atoms with Crippen LogP contribution in [-0.2, 0) is 44.9 Å². The first kappa shape index (κ1) is 88.3. The maximum atomic E-state index is 13.0. The van der Waals surface area contributed by atoms with Gasteiger partial charge in [-0.25, -0.2) is 4.39 Å². The van der Waals surface area contributed by atoms with E-state index in [4.69, 9.17) is 0 Å². The Bertz CT molecular complexity index is 2660. The first-order valence-corrected chi connectivity index (χ1v) is 37.1. The topological polar surface area (TPSA) is 81.2 Å². The first-order chi connectivity index (χ1) is 44.2. The third kappa shape index (κ3) is 30.6. The van der Waals surface area contributed by atoms with E-state index in [0.717, 1.165) is 56.9 Å². The van der Waals surface area contributed by atoms with E-state index in [0.29, 0.717) is 88.7 Å². The van der Waals surface area contributed by atoms with Gasteiger partial charge < -0.3 is 0 Å². The molecule has 12 atom stereocenters. The summed E-state index contributed by atoms with van der Waals surface area (Å²) in [6.45, 7) is 55.7. The van der Waals surface area contributed by atoms with E-state index in [1.807, 2.05) is 67.5 Å². The van der Waals surface area contributed by atoms with E-state index in [9.17, 15) is 23.6 Å². The van der Waals surface area contributed by atoms with Gasteiger partial charge in [0.05, 0.1) is 24.2 Å². The molecule has 0 unspecified atom stereocenters. The fraction of sp³-hybridized carbons (Fsp3) is 0.674. The Hall–Kier alpha value is -4.67. The van der Waals surface area contributed by atoms with Gasteiger partial charge in [-0.1, -0.05) is 213 Å². The van der Waals surface area contributed by atoms with Gasteiger partial charge >= 0.3 is 0 Å². The molecule has 0 N–H and O–H groups in total. The van der Waals surface area contributed by atoms with Crippen LogP contribution in [0.3, 0.4) is 0 Å². The summed E-state index contributed by atoms with van der Waals surface area (Å²) in [6.07, 6.45) is 8.54. The van der Waals surface area contributed by atoms with E-state index in [1.165, 1.54) is 39.9 Å². The van der Waals surface area contributed by atoms with Gasteiger partial charge in [0.25, 0.3) is 0 Å². The van der Waals surface area contributed by atoms with Crippen molar-refractivity contribution in [3.8, 4) is 0 Å². The van der Waals surface area contributed by atoms with E-state index >= 15 is 0 Å². The number of ketones is 4. The molecular weight excluding hydrogens is 1170 g/mol. The molecule has 0 heterocycles. The molecule has 8 nitrogen and oxygen atoms in total. The van der Waals surface area contributed by atoms with Crippen molar-refractivity contribution >= 4 is 23.1 Å². The Labute approximate surface area is 584 Å². The molecule has 0 fully saturated rings. The third-order valence-electron chi connectivity index (χ3n) is 21.6. The maximum absolute atomic E-state index is 13.0. The lowest BCUT2D eigenvalue weighted by atomic mass is 9.80. The van der Waals surface area contributed by atoms with Crippen molar-refractivity contribution in [3.05, 3.63) is 142 Å². The number of likely N-dealkylation sites (N-methyl/N-ethyl adjacent to an activating group) is 4. The predicted octanol–water partition coefficient (Wildman–Crippen LogP) is 20.1. The summed E-state index contributed by atoms with van der Waals surface area (Å²) in [7, 11) is 8.34. The summed E-state index contributed by atoms with van der Waals surface area (Å²) in [6, 6.07) is 36.4. The lowest BCUT2D eigenvalue weighted by molar-refractivity contribution is -0.130. The van der Waals surface area contributed by atoms with Crippen LogP contribution in [0.4, 0.5) is 4.39 Å². The van der Waals surface area contributed by atoms with Crippen LogP contribution in [0, 0.1) is 90.7 Å². The van der Waals surface area contributed by atoms with Gasteiger partial charge in [0.1, 0.15) is 5.82 Å². The van der Waals surface area contributed by atoms with Gasteiger partial charge in [-0.3, -0.25) is 38.8 Å². The minimum atomic E-state index is -0.193. The Morgan fingerprint density at radius 1 is 0.305 bits per heavy atom. The fourth-order valence-corrected chi connectivity index (χ4v) is 12.8. The van der Waals surface area contributed by atoms with Gasteiger partial charge in [0, 0.05) is 47.8 Å². The van der Waals surface area contributed by atoms with Crippen molar-refractivity contribution in [2.45, 2.75) is 280 Å². The number of Topliss-reactive ketones (excluding diaryl/α,β-unsaturated/α-hetero) is 4. The van der Waals surface area contributed by atoms with Gasteiger partial charge in [-0.15, -0.1) is 0 Å². The average Bonchev–Trinajstić information content (AvgIpc) is 0.940. The molecule has 0 radical (unpaired) electrons. The molecule has 538 valence electrons. The van der Waals surface area contributed by atoms with Crippen LogP contribution in [0.15, 0.2) is 103 Å². The average molecular weight is 1320 g/mol. The van der Waals surface area contributed by atoms with E-state index in [2.05, 4.69) is 251 Å². The molecule has 95 heavy (non-hydrogen) atoms. The predicted molar refractivity (Wildman–Crippen MR) is 408 cm³/mol. The summed E-state index contributed by atoms with van der Waals surface area (Å²) in [5.74, 6) is 4.89. The zero-order chi connectivity index (χ0) is 72.9. The molecule has 0 aliphatic heterocycles. The largest absolute Gasteiger partial charge is 0.298 e. The molecular formula is C86H143FN4O4. The standard InChI is InChI=1S/2C22H37NO.C21H34FNO.C21H35NO/c1-15(2)22(24)21(23(8)16(3)4)19(7)18(6)11-14-20-12-9-17(5)10-13-20;1-15(2)22(24)21(23(8)16(3)4)19(7)18(6)12-13-20-11-9-10-17(5)14-20;1-14(2)21(24)20(23(7)15(3)4)17(6)16(5)8-9-18-10-12-19(22)13-11-18;1-15(2)21(23)20(22(7)16(3)4)18(6)17(5)13-14-19-11-9-8-10-12-19/h9-10,12-13,15-16,18-19,21H,11,14H2,1-8H3;9-11,14-16,18-19,21H,12-13H2,1-8H3;10-17,20H,8-9H2,1-7H3;8-12,15-18,20H,13-14H2,1-7H3/t2*18-,19-,21+;16-,17-,20+;17-,18-,20+/m1111/s1. The van der Waals surface area contributed by atoms with Gasteiger partial charge in [-0.2, -0.15) is 0 Å². The quantitative estimate of drug-likeness (QED) is 0.0446. The highest BCUT2D eigenvalue weighted by Crippen LogP contribution is 2.32. The monoisotopic (exact) mass is 1320 g/mol. The highest BCUT2D eigenvalue weighted by Gasteiger charge is 2.38. The van der Waals surface area contributed by atoms with Gasteiger partial charge in [0.2, 0.25) is 0 Å². The summed E-state index contributed by atoms with van der Waals surface area (Å²) in [4.78, 5) is 60.1. The number of carbonyl (C=O) groups excluding carboxylic acids is 4. The van der Waals surface area contributed by atoms with Gasteiger partial charge in [0.15, 0.2) is 23.1 Å². The first-order valence-electron chi connectivity index (χ1n) is 37.1. The lowest BCUT2D eigenvalue weighted by Crippen LogP contribution is -2.49. The van der Waals surface area contributed by atoms with E-state index in [1.54, 1.807) is 0 Å². The second-order valence-electron chi connectivity index (χ2n) is 31.6. The number of carbonyl (C=O) groups is 4. The SMILES string of the molecule is CC(C)C(=O)[C@H]([C@H](C)[C@H](C)CCc1ccc(F)cc1)N(C)C(C)C.CC(C)C(=O)[C@H]([C@H](C)[C@H](C)CCc1ccccc1)N(C)C(C)C.Cc1ccc(CC[C@@H](C)[C@@H](C)[C@@H](C(=O)C(C)C)N(C)C(C)C)cc1.Cc1cccc(CC[C@@H](C)[C@@H](C)[C@@H](C(=O)C(C)C)N(C)C(C)C)c1. The Morgan fingerprint density at radius 2 is 0.547 bits per heavy atom. The zero-order valence-electron chi connectivity index (χ0n) is 66.3. The molecule has 4 aromatic rings. The van der Waals surface area contributed by atoms with Crippen molar-refractivity contribution < 1.29 is 23.6 Å². The zero-order valence-corrected chi connectivity index (χ0v) is 66.3. The molecule has 0 spiro atoms. The van der Waals surface area contributed by atoms with Crippen LogP contribution in [0.1, 0.15) is 225 Å². The molecule has 0 bridgehead atoms. The van der Waals surface area contributed by atoms with Crippen molar-refractivity contribution in [1.29, 1.82) is 0 Å². The molecule has 4 aromatic carbocycles. The Kier molecular flexibility index (Phi) is 41.3. The van der Waals surface area contributed by atoms with Gasteiger partial charge in [-0.05, 0) is 231 Å². The summed E-state index contributed by atoms with van der Waals surface area (Å²) in [5, 5.41) is 0. The molecule has 0 aromatic heterocycles. The minimum Gasteiger partial charge on any atom is -0.298 e. The number of hydrogen-bond acceptors (Lipinski definition) is 8. The number of hydrogen-bond donors (Lipinski definition) is 0. The van der Waals surface area contributed by atoms with Crippen molar-refractivity contribution in [1.82, 2.24) is 19.6 Å². The highest BCUT2D eigenvalue weighted by molar-refractivity contribution is 5.87. The highest BCUT2D eigenvalue weighted by atomic mass is 19.1. The second-order valence-corrected chi connectivity index (χ2v) is 31.6. The number of rotatable bonds is 36. The number of nitrogens with zero attached hydrogens (tertiary/aromatic N) is 4. The Morgan fingerprint density at radius 3 is 0.800 bits per heavy atom. The summed E-state index contributed by atoms with van der Waals surface area (Å²) in [5.41, 5.74) is 7.96. The number of aryl methyl sites for hydroxylation is 6. The summed E-state index contributed by atoms with van der Waals surface area (Å²) < 4.78 is 13.0. The van der Waals surface area contributed by atoms with Crippen LogP contribution in [-0.4, -0.2) is 119 Å². The van der Waals surface area contributed by atoms with E-state index in [-0.39, 0.29) is 59.6 Å². The van der Waals surface area contributed by atoms with Crippen LogP contribution in [0.2, 0.25) is 0 Å². The fourth-order valence-electron chi connectivity index (χ4n) is 12.8. The smallest absolute Gasteiger partial charge is 0.152 e. The number of benzene rings is 4. The maximum Gasteiger partial charge on any atom is 0.152 e. The molecule has 0 saturated heterocycles. The molecule has 0 saturated carbocycles. The van der Waals surface area contributed by atoms with Crippen molar-refractivity contribution in [2.75, 3.05) is 28.2 Å². The number of halogens is 1. The second kappa shape index (κ2) is 44.4. The molecule has 0 amide bonds. The molecule has 0 aliphatic rings. The third-order valence-corrected chi connectivity index (χ3v) is 21.6. The van der Waals surface area contributed by atoms with Crippen LogP contribution in [0.5, 0.6) is 0 Å². The van der Waals surface area contributed by atoms with Crippen molar-refractivity contribution in [3.63, 3.8) is 0 Å². The lowest BCUT2D eigenvalue weighted by Gasteiger charge is -2.38. The van der Waals surface area contributed by atoms with Crippen LogP contribution < -0.4 is 0 Å². The molecule has 0 aliphatic carbocycles. The Balaban J connectivity index is 0.000000633. The molecule has 4 rings (SSSR count). The summed E-state index contributed by atoms with van der Waals surface area (Å²) >= 11 is 0. The van der Waals surface area contributed by atoms with E-state index < -0.39 is 0 Å². The molecule has 9 heteroatoms.